The molecule has 8 heteroatoms. The number of benzene rings is 2. The van der Waals surface area contributed by atoms with Crippen molar-refractivity contribution in [3.63, 3.8) is 0 Å². The van der Waals surface area contributed by atoms with Crippen LogP contribution in [0.2, 0.25) is 5.02 Å². The van der Waals surface area contributed by atoms with E-state index < -0.39 is 0 Å². The number of thioether (sulfide) groups is 1. The van der Waals surface area contributed by atoms with Crippen molar-refractivity contribution in [2.75, 3.05) is 13.7 Å². The lowest BCUT2D eigenvalue weighted by molar-refractivity contribution is -0.115. The number of carbonyl (C=O) groups is 1. The summed E-state index contributed by atoms with van der Waals surface area (Å²) in [5.74, 6) is 0.988. The summed E-state index contributed by atoms with van der Waals surface area (Å²) in [7, 11) is 1.55. The zero-order valence-corrected chi connectivity index (χ0v) is 18.0. The SMILES string of the molecule is C=CCOc1ccc(Br)cc1/C=C1\SC(=Nc2cc(Cl)ccc2OC)NC1=O. The van der Waals surface area contributed by atoms with E-state index in [4.69, 9.17) is 21.1 Å². The van der Waals surface area contributed by atoms with E-state index in [1.54, 1.807) is 37.5 Å². The number of hydrogen-bond acceptors (Lipinski definition) is 5. The smallest absolute Gasteiger partial charge is 0.264 e. The van der Waals surface area contributed by atoms with Gasteiger partial charge >= 0.3 is 0 Å². The molecule has 1 aliphatic rings. The number of nitrogens with zero attached hydrogens (tertiary/aromatic N) is 1. The molecular weight excluding hydrogens is 464 g/mol. The first-order chi connectivity index (χ1) is 13.5. The van der Waals surface area contributed by atoms with Crippen LogP contribution < -0.4 is 14.8 Å². The van der Waals surface area contributed by atoms with Crippen molar-refractivity contribution in [2.45, 2.75) is 0 Å². The molecule has 1 amide bonds. The van der Waals surface area contributed by atoms with E-state index in [-0.39, 0.29) is 5.91 Å². The molecule has 28 heavy (non-hydrogen) atoms. The van der Waals surface area contributed by atoms with Crippen molar-refractivity contribution in [2.24, 2.45) is 4.99 Å². The van der Waals surface area contributed by atoms with Gasteiger partial charge in [0.15, 0.2) is 5.17 Å². The Balaban J connectivity index is 1.90. The van der Waals surface area contributed by atoms with E-state index in [2.05, 4.69) is 32.8 Å². The molecule has 0 aromatic heterocycles. The lowest BCUT2D eigenvalue weighted by Gasteiger charge is -2.08. The molecule has 2 aromatic rings. The normalized spacial score (nSPS) is 16.3. The monoisotopic (exact) mass is 478 g/mol. The molecule has 0 saturated carbocycles. The number of hydrogen-bond donors (Lipinski definition) is 1. The Morgan fingerprint density at radius 3 is 2.82 bits per heavy atom. The van der Waals surface area contributed by atoms with Gasteiger partial charge in [0, 0.05) is 15.1 Å². The van der Waals surface area contributed by atoms with E-state index in [1.165, 1.54) is 11.8 Å². The summed E-state index contributed by atoms with van der Waals surface area (Å²) in [6.07, 6.45) is 3.43. The molecule has 1 saturated heterocycles. The van der Waals surface area contributed by atoms with Gasteiger partial charge in [0.05, 0.1) is 12.0 Å². The highest BCUT2D eigenvalue weighted by atomic mass is 79.9. The van der Waals surface area contributed by atoms with Crippen molar-refractivity contribution < 1.29 is 14.3 Å². The third-order valence-corrected chi connectivity index (χ3v) is 5.27. The standard InChI is InChI=1S/C20H16BrClN2O3S/c1-3-8-27-16-6-4-13(21)9-12(16)10-18-19(25)24-20(28-18)23-15-11-14(22)5-7-17(15)26-2/h3-7,9-11H,1,8H2,2H3,(H,23,24,25)/b18-10-. The molecule has 1 fully saturated rings. The topological polar surface area (TPSA) is 59.9 Å². The number of ether oxygens (including phenoxy) is 2. The minimum Gasteiger partial charge on any atom is -0.494 e. The maximum absolute atomic E-state index is 12.4. The predicted octanol–water partition coefficient (Wildman–Crippen LogP) is 5.57. The van der Waals surface area contributed by atoms with Gasteiger partial charge in [-0.25, -0.2) is 4.99 Å². The van der Waals surface area contributed by atoms with Gasteiger partial charge in [0.2, 0.25) is 0 Å². The predicted molar refractivity (Wildman–Crippen MR) is 119 cm³/mol. The van der Waals surface area contributed by atoms with E-state index in [0.29, 0.717) is 38.9 Å². The third kappa shape index (κ3) is 4.98. The van der Waals surface area contributed by atoms with Crippen molar-refractivity contribution >= 4 is 62.1 Å². The van der Waals surface area contributed by atoms with Crippen LogP contribution in [0, 0.1) is 0 Å². The Bertz CT molecular complexity index is 991. The van der Waals surface area contributed by atoms with Gasteiger partial charge in [0.25, 0.3) is 5.91 Å². The van der Waals surface area contributed by atoms with Gasteiger partial charge in [-0.1, -0.05) is 40.2 Å². The van der Waals surface area contributed by atoms with E-state index in [9.17, 15) is 4.79 Å². The average molecular weight is 480 g/mol. The maximum Gasteiger partial charge on any atom is 0.264 e. The molecule has 1 aliphatic heterocycles. The van der Waals surface area contributed by atoms with E-state index >= 15 is 0 Å². The second-order valence-electron chi connectivity index (χ2n) is 5.58. The van der Waals surface area contributed by atoms with Gasteiger partial charge in [-0.05, 0) is 54.2 Å². The molecule has 2 aromatic carbocycles. The highest BCUT2D eigenvalue weighted by molar-refractivity contribution is 9.10. The largest absolute Gasteiger partial charge is 0.494 e. The summed E-state index contributed by atoms with van der Waals surface area (Å²) in [4.78, 5) is 17.4. The molecule has 5 nitrogen and oxygen atoms in total. The van der Waals surface area contributed by atoms with Crippen LogP contribution in [0.4, 0.5) is 5.69 Å². The Kier molecular flexibility index (Phi) is 6.83. The first kappa shape index (κ1) is 20.5. The summed E-state index contributed by atoms with van der Waals surface area (Å²) in [5.41, 5.74) is 1.31. The average Bonchev–Trinajstić information content (AvgIpc) is 3.00. The number of amidine groups is 1. The minimum atomic E-state index is -0.237. The van der Waals surface area contributed by atoms with Crippen LogP contribution in [0.5, 0.6) is 11.5 Å². The van der Waals surface area contributed by atoms with Gasteiger partial charge < -0.3 is 14.8 Å². The molecule has 0 bridgehead atoms. The fraction of sp³-hybridized carbons (Fsp3) is 0.100. The highest BCUT2D eigenvalue weighted by Gasteiger charge is 2.25. The number of halogens is 2. The highest BCUT2D eigenvalue weighted by Crippen LogP contribution is 2.35. The Morgan fingerprint density at radius 2 is 2.07 bits per heavy atom. The van der Waals surface area contributed by atoms with Gasteiger partial charge in [-0.2, -0.15) is 0 Å². The molecule has 1 heterocycles. The van der Waals surface area contributed by atoms with Crippen LogP contribution in [-0.2, 0) is 4.79 Å². The molecule has 1 N–H and O–H groups in total. The molecule has 0 unspecified atom stereocenters. The molecule has 3 rings (SSSR count). The molecule has 0 spiro atoms. The first-order valence-electron chi connectivity index (χ1n) is 8.16. The van der Waals surface area contributed by atoms with Crippen LogP contribution in [0.25, 0.3) is 6.08 Å². The molecular formula is C20H16BrClN2O3S. The Hall–Kier alpha value is -2.22. The molecule has 144 valence electrons. The minimum absolute atomic E-state index is 0.237. The zero-order valence-electron chi connectivity index (χ0n) is 14.9. The second kappa shape index (κ2) is 9.32. The number of amides is 1. The maximum atomic E-state index is 12.4. The summed E-state index contributed by atoms with van der Waals surface area (Å²) in [6.45, 7) is 4.03. The number of methoxy groups -OCH3 is 1. The van der Waals surface area contributed by atoms with Crippen LogP contribution in [0.3, 0.4) is 0 Å². The number of aliphatic imine (C=N–C) groups is 1. The summed E-state index contributed by atoms with van der Waals surface area (Å²) >= 11 is 10.7. The quantitative estimate of drug-likeness (QED) is 0.435. The Labute approximate surface area is 180 Å². The fourth-order valence-electron chi connectivity index (χ4n) is 2.39. The number of carbonyl (C=O) groups excluding carboxylic acids is 1. The van der Waals surface area contributed by atoms with Gasteiger partial charge in [-0.15, -0.1) is 0 Å². The third-order valence-electron chi connectivity index (χ3n) is 3.63. The first-order valence-corrected chi connectivity index (χ1v) is 10.2. The van der Waals surface area contributed by atoms with Gasteiger partial charge in [-0.3, -0.25) is 4.79 Å². The van der Waals surface area contributed by atoms with Crippen molar-refractivity contribution in [1.82, 2.24) is 5.32 Å². The van der Waals surface area contributed by atoms with Crippen LogP contribution >= 0.6 is 39.3 Å². The van der Waals surface area contributed by atoms with Crippen LogP contribution in [0.15, 0.2) is 63.4 Å². The van der Waals surface area contributed by atoms with Gasteiger partial charge in [0.1, 0.15) is 23.8 Å². The lowest BCUT2D eigenvalue weighted by Crippen LogP contribution is -2.19. The van der Waals surface area contributed by atoms with Crippen molar-refractivity contribution in [1.29, 1.82) is 0 Å². The van der Waals surface area contributed by atoms with Crippen molar-refractivity contribution in [3.8, 4) is 11.5 Å². The fourth-order valence-corrected chi connectivity index (χ4v) is 3.76. The summed E-state index contributed by atoms with van der Waals surface area (Å²) in [6, 6.07) is 10.7. The van der Waals surface area contributed by atoms with E-state index in [0.717, 1.165) is 10.0 Å². The molecule has 0 atom stereocenters. The lowest BCUT2D eigenvalue weighted by atomic mass is 10.2. The summed E-state index contributed by atoms with van der Waals surface area (Å²) in [5, 5.41) is 3.73. The number of nitrogens with one attached hydrogen (secondary N) is 1. The Morgan fingerprint density at radius 1 is 1.29 bits per heavy atom. The second-order valence-corrected chi connectivity index (χ2v) is 7.96. The summed E-state index contributed by atoms with van der Waals surface area (Å²) < 4.78 is 11.8. The molecule has 0 aliphatic carbocycles. The van der Waals surface area contributed by atoms with Crippen molar-refractivity contribution in [3.05, 3.63) is 69.0 Å². The number of rotatable bonds is 6. The van der Waals surface area contributed by atoms with Crippen LogP contribution in [-0.4, -0.2) is 24.8 Å². The van der Waals surface area contributed by atoms with Crippen LogP contribution in [0.1, 0.15) is 5.56 Å². The van der Waals surface area contributed by atoms with E-state index in [1.807, 2.05) is 18.2 Å². The zero-order chi connectivity index (χ0) is 20.1. The molecule has 0 radical (unpaired) electrons.